The van der Waals surface area contributed by atoms with E-state index in [1.54, 1.807) is 12.4 Å². The maximum absolute atomic E-state index is 12.9. The first-order valence-electron chi connectivity index (χ1n) is 10.4. The van der Waals surface area contributed by atoms with Crippen molar-refractivity contribution in [3.8, 4) is 11.3 Å². The zero-order chi connectivity index (χ0) is 19.8. The highest BCUT2D eigenvalue weighted by Crippen LogP contribution is 2.36. The van der Waals surface area contributed by atoms with E-state index in [0.29, 0.717) is 23.8 Å². The van der Waals surface area contributed by atoms with Crippen molar-refractivity contribution in [2.75, 3.05) is 25.0 Å². The number of aromatic nitrogens is 3. The van der Waals surface area contributed by atoms with Crippen LogP contribution in [0.2, 0.25) is 0 Å². The Morgan fingerprint density at radius 1 is 1.11 bits per heavy atom. The van der Waals surface area contributed by atoms with Crippen LogP contribution in [0.1, 0.15) is 45.7 Å². The lowest BCUT2D eigenvalue weighted by atomic mass is 9.82. The molecular formula is C22H31N5O. The van der Waals surface area contributed by atoms with Crippen LogP contribution in [0.4, 0.5) is 5.82 Å². The molecule has 0 aromatic carbocycles. The first-order valence-corrected chi connectivity index (χ1v) is 10.4. The van der Waals surface area contributed by atoms with E-state index in [1.807, 2.05) is 10.6 Å². The average Bonchev–Trinajstić information content (AvgIpc) is 2.61. The van der Waals surface area contributed by atoms with Crippen LogP contribution in [0.15, 0.2) is 29.3 Å². The number of likely N-dealkylation sites (tertiary alicyclic amines) is 1. The molecule has 150 valence electrons. The van der Waals surface area contributed by atoms with Crippen LogP contribution in [-0.4, -0.2) is 45.1 Å². The molecule has 6 nitrogen and oxygen atoms in total. The van der Waals surface area contributed by atoms with Crippen LogP contribution in [0.25, 0.3) is 11.3 Å². The van der Waals surface area contributed by atoms with E-state index >= 15 is 0 Å². The minimum Gasteiger partial charge on any atom is -0.368 e. The van der Waals surface area contributed by atoms with Gasteiger partial charge in [0.05, 0.1) is 5.69 Å². The second kappa shape index (κ2) is 7.66. The molecule has 0 aliphatic carbocycles. The SMILES string of the molecule is CC(C)CN1C[C@@H]2C[C@H](C1)c1cc(-c3cc(NC(C)C)ncn3)cc(=O)n1C2. The fraction of sp³-hybridized carbons (Fsp3) is 0.591. The van der Waals surface area contributed by atoms with Gasteiger partial charge in [0.15, 0.2) is 0 Å². The maximum Gasteiger partial charge on any atom is 0.251 e. The Kier molecular flexibility index (Phi) is 5.23. The fourth-order valence-electron chi connectivity index (χ4n) is 4.76. The van der Waals surface area contributed by atoms with E-state index < -0.39 is 0 Å². The first-order chi connectivity index (χ1) is 13.4. The van der Waals surface area contributed by atoms with Crippen LogP contribution in [0.5, 0.6) is 0 Å². The smallest absolute Gasteiger partial charge is 0.251 e. The van der Waals surface area contributed by atoms with E-state index in [4.69, 9.17) is 0 Å². The van der Waals surface area contributed by atoms with Crippen molar-refractivity contribution in [3.63, 3.8) is 0 Å². The maximum atomic E-state index is 12.9. The Labute approximate surface area is 167 Å². The largest absolute Gasteiger partial charge is 0.368 e. The number of nitrogens with one attached hydrogen (secondary N) is 1. The molecule has 0 unspecified atom stereocenters. The average molecular weight is 382 g/mol. The summed E-state index contributed by atoms with van der Waals surface area (Å²) in [6.07, 6.45) is 2.75. The zero-order valence-corrected chi connectivity index (χ0v) is 17.4. The molecule has 2 bridgehead atoms. The number of hydrogen-bond donors (Lipinski definition) is 1. The number of nitrogens with zero attached hydrogens (tertiary/aromatic N) is 4. The summed E-state index contributed by atoms with van der Waals surface area (Å²) in [6, 6.07) is 6.15. The standard InChI is InChI=1S/C22H31N5O/c1-14(2)9-26-10-16-5-18(12-26)20-6-17(7-22(28)27(20)11-16)19-8-21(24-13-23-19)25-15(3)4/h6-8,13-16,18H,5,9-12H2,1-4H3,(H,23,24,25)/t16-,18+/m0/s1. The third-order valence-electron chi connectivity index (χ3n) is 5.65. The van der Waals surface area contributed by atoms with Gasteiger partial charge in [-0.1, -0.05) is 13.8 Å². The molecule has 1 N–H and O–H groups in total. The van der Waals surface area contributed by atoms with E-state index in [9.17, 15) is 4.79 Å². The predicted molar refractivity (Wildman–Crippen MR) is 113 cm³/mol. The number of anilines is 1. The van der Waals surface area contributed by atoms with Gasteiger partial charge in [0.1, 0.15) is 12.1 Å². The van der Waals surface area contributed by atoms with Crippen molar-refractivity contribution in [2.45, 2.75) is 52.6 Å². The summed E-state index contributed by atoms with van der Waals surface area (Å²) in [5.41, 5.74) is 2.96. The lowest BCUT2D eigenvalue weighted by molar-refractivity contribution is 0.109. The molecule has 2 aliphatic rings. The predicted octanol–water partition coefficient (Wildman–Crippen LogP) is 3.20. The van der Waals surface area contributed by atoms with Gasteiger partial charge in [-0.15, -0.1) is 0 Å². The van der Waals surface area contributed by atoms with Crippen LogP contribution in [0.3, 0.4) is 0 Å². The van der Waals surface area contributed by atoms with Crippen molar-refractivity contribution < 1.29 is 0 Å². The molecule has 2 aromatic rings. The quantitative estimate of drug-likeness (QED) is 0.862. The molecule has 0 amide bonds. The number of fused-ring (bicyclic) bond motifs is 4. The molecule has 28 heavy (non-hydrogen) atoms. The third kappa shape index (κ3) is 3.97. The Morgan fingerprint density at radius 2 is 1.93 bits per heavy atom. The topological polar surface area (TPSA) is 63.0 Å². The number of pyridine rings is 1. The fourth-order valence-corrected chi connectivity index (χ4v) is 4.76. The molecule has 0 spiro atoms. The van der Waals surface area contributed by atoms with Crippen molar-refractivity contribution in [1.82, 2.24) is 19.4 Å². The van der Waals surface area contributed by atoms with Gasteiger partial charge in [0.25, 0.3) is 5.56 Å². The van der Waals surface area contributed by atoms with Gasteiger partial charge in [-0.05, 0) is 38.2 Å². The van der Waals surface area contributed by atoms with Gasteiger partial charge >= 0.3 is 0 Å². The molecular weight excluding hydrogens is 350 g/mol. The van der Waals surface area contributed by atoms with Crippen LogP contribution < -0.4 is 10.9 Å². The summed E-state index contributed by atoms with van der Waals surface area (Å²) in [5, 5.41) is 3.31. The molecule has 2 aromatic heterocycles. The van der Waals surface area contributed by atoms with E-state index in [0.717, 1.165) is 43.3 Å². The second-order valence-corrected chi connectivity index (χ2v) is 9.12. The number of hydrogen-bond acceptors (Lipinski definition) is 5. The molecule has 0 saturated carbocycles. The van der Waals surface area contributed by atoms with E-state index in [2.05, 4.69) is 53.9 Å². The highest BCUT2D eigenvalue weighted by atomic mass is 16.1. The highest BCUT2D eigenvalue weighted by Gasteiger charge is 2.35. The molecule has 2 aliphatic heterocycles. The number of piperidine rings is 1. The van der Waals surface area contributed by atoms with E-state index in [1.165, 1.54) is 12.1 Å². The minimum absolute atomic E-state index is 0.0940. The van der Waals surface area contributed by atoms with Crippen LogP contribution in [-0.2, 0) is 6.54 Å². The summed E-state index contributed by atoms with van der Waals surface area (Å²) in [6.45, 7) is 12.8. The molecule has 1 saturated heterocycles. The van der Waals surface area contributed by atoms with Gasteiger partial charge in [-0.2, -0.15) is 0 Å². The lowest BCUT2D eigenvalue weighted by Gasteiger charge is -2.43. The first kappa shape index (κ1) is 19.1. The molecule has 2 atom stereocenters. The molecule has 4 rings (SSSR count). The van der Waals surface area contributed by atoms with E-state index in [-0.39, 0.29) is 5.56 Å². The molecule has 4 heterocycles. The van der Waals surface area contributed by atoms with Gasteiger partial charge in [0.2, 0.25) is 0 Å². The lowest BCUT2D eigenvalue weighted by Crippen LogP contribution is -2.48. The number of rotatable bonds is 5. The van der Waals surface area contributed by atoms with Gasteiger partial charge in [0, 0.05) is 61.5 Å². The Balaban J connectivity index is 1.67. The van der Waals surface area contributed by atoms with Crippen molar-refractivity contribution in [3.05, 3.63) is 40.6 Å². The third-order valence-corrected chi connectivity index (χ3v) is 5.65. The molecule has 6 heteroatoms. The summed E-state index contributed by atoms with van der Waals surface area (Å²) in [5.74, 6) is 2.46. The Hall–Kier alpha value is -2.21. The minimum atomic E-state index is 0.0940. The Morgan fingerprint density at radius 3 is 2.68 bits per heavy atom. The highest BCUT2D eigenvalue weighted by molar-refractivity contribution is 5.62. The van der Waals surface area contributed by atoms with Crippen molar-refractivity contribution in [2.24, 2.45) is 11.8 Å². The van der Waals surface area contributed by atoms with Crippen LogP contribution >= 0.6 is 0 Å². The zero-order valence-electron chi connectivity index (χ0n) is 17.4. The monoisotopic (exact) mass is 381 g/mol. The van der Waals surface area contributed by atoms with Crippen LogP contribution in [0, 0.1) is 11.8 Å². The summed E-state index contributed by atoms with van der Waals surface area (Å²) < 4.78 is 2.00. The molecule has 1 fully saturated rings. The normalized spacial score (nSPS) is 21.8. The second-order valence-electron chi connectivity index (χ2n) is 9.12. The Bertz CT molecular complexity index is 904. The van der Waals surface area contributed by atoms with Crippen molar-refractivity contribution >= 4 is 5.82 Å². The molecule has 0 radical (unpaired) electrons. The van der Waals surface area contributed by atoms with Gasteiger partial charge in [-0.3, -0.25) is 4.79 Å². The van der Waals surface area contributed by atoms with Gasteiger partial charge in [-0.25, -0.2) is 9.97 Å². The van der Waals surface area contributed by atoms with Gasteiger partial charge < -0.3 is 14.8 Å². The van der Waals surface area contributed by atoms with Crippen molar-refractivity contribution in [1.29, 1.82) is 0 Å². The summed E-state index contributed by atoms with van der Waals surface area (Å²) in [7, 11) is 0. The summed E-state index contributed by atoms with van der Waals surface area (Å²) >= 11 is 0. The summed E-state index contributed by atoms with van der Waals surface area (Å²) in [4.78, 5) is 24.2.